The van der Waals surface area contributed by atoms with Crippen LogP contribution in [0.25, 0.3) is 10.6 Å². The van der Waals surface area contributed by atoms with E-state index in [1.807, 2.05) is 23.8 Å². The minimum Gasteiger partial charge on any atom is -0.387 e. The number of amides is 1. The van der Waals surface area contributed by atoms with Crippen LogP contribution in [0.4, 0.5) is 0 Å². The standard InChI is InChI=1S/C14H16N2O2S3/c1-9-11(21-13(16-9)10-2-4-19-6-10)12(17)15-7-14(18)3-5-20-8-14/h2,4,6,18H,3,5,7-8H2,1H3,(H,15,17). The van der Waals surface area contributed by atoms with E-state index >= 15 is 0 Å². The molecule has 1 unspecified atom stereocenters. The SMILES string of the molecule is Cc1nc(-c2ccsc2)sc1C(=O)NCC1(O)CCSC1. The molecule has 21 heavy (non-hydrogen) atoms. The maximum atomic E-state index is 12.3. The van der Waals surface area contributed by atoms with Crippen molar-refractivity contribution in [3.8, 4) is 10.6 Å². The number of nitrogens with one attached hydrogen (secondary N) is 1. The molecule has 3 heterocycles. The van der Waals surface area contributed by atoms with E-state index in [4.69, 9.17) is 0 Å². The molecule has 0 spiro atoms. The quantitative estimate of drug-likeness (QED) is 0.898. The second-order valence-electron chi connectivity index (χ2n) is 5.16. The highest BCUT2D eigenvalue weighted by Crippen LogP contribution is 2.30. The number of thiazole rings is 1. The summed E-state index contributed by atoms with van der Waals surface area (Å²) in [6, 6.07) is 2.00. The van der Waals surface area contributed by atoms with Gasteiger partial charge in [0.1, 0.15) is 9.88 Å². The maximum Gasteiger partial charge on any atom is 0.263 e. The molecule has 1 aliphatic rings. The molecule has 0 bridgehead atoms. The second-order valence-corrected chi connectivity index (χ2v) is 8.04. The Morgan fingerprint density at radius 2 is 2.43 bits per heavy atom. The van der Waals surface area contributed by atoms with Gasteiger partial charge in [-0.25, -0.2) is 4.98 Å². The molecule has 0 saturated carbocycles. The van der Waals surface area contributed by atoms with Crippen molar-refractivity contribution in [3.05, 3.63) is 27.4 Å². The molecule has 0 aromatic carbocycles. The summed E-state index contributed by atoms with van der Waals surface area (Å²) < 4.78 is 0. The van der Waals surface area contributed by atoms with Gasteiger partial charge in [0.05, 0.1) is 11.3 Å². The van der Waals surface area contributed by atoms with Crippen LogP contribution in [0, 0.1) is 6.92 Å². The van der Waals surface area contributed by atoms with Crippen LogP contribution in [0.5, 0.6) is 0 Å². The van der Waals surface area contributed by atoms with E-state index in [9.17, 15) is 9.90 Å². The number of carbonyl (C=O) groups excluding carboxylic acids is 1. The fourth-order valence-electron chi connectivity index (χ4n) is 2.18. The number of hydrogen-bond acceptors (Lipinski definition) is 6. The summed E-state index contributed by atoms with van der Waals surface area (Å²) in [7, 11) is 0. The van der Waals surface area contributed by atoms with Gasteiger partial charge in [-0.2, -0.15) is 23.1 Å². The van der Waals surface area contributed by atoms with Gasteiger partial charge in [0.2, 0.25) is 0 Å². The van der Waals surface area contributed by atoms with Crippen molar-refractivity contribution in [2.75, 3.05) is 18.1 Å². The number of thioether (sulfide) groups is 1. The molecule has 2 aromatic rings. The summed E-state index contributed by atoms with van der Waals surface area (Å²) in [6.45, 7) is 2.16. The molecule has 3 rings (SSSR count). The summed E-state index contributed by atoms with van der Waals surface area (Å²) in [5.74, 6) is 1.50. The summed E-state index contributed by atoms with van der Waals surface area (Å²) in [4.78, 5) is 17.4. The topological polar surface area (TPSA) is 62.2 Å². The first-order chi connectivity index (χ1) is 10.1. The van der Waals surface area contributed by atoms with E-state index in [1.54, 1.807) is 23.1 Å². The first-order valence-electron chi connectivity index (χ1n) is 6.66. The van der Waals surface area contributed by atoms with Gasteiger partial charge in [-0.15, -0.1) is 11.3 Å². The molecule has 1 fully saturated rings. The Bertz CT molecular complexity index is 631. The Hall–Kier alpha value is -0.890. The lowest BCUT2D eigenvalue weighted by molar-refractivity contribution is 0.0613. The van der Waals surface area contributed by atoms with E-state index in [0.717, 1.165) is 28.4 Å². The normalized spacial score (nSPS) is 21.6. The van der Waals surface area contributed by atoms with Crippen LogP contribution >= 0.6 is 34.4 Å². The predicted molar refractivity (Wildman–Crippen MR) is 89.4 cm³/mol. The van der Waals surface area contributed by atoms with E-state index in [1.165, 1.54) is 11.3 Å². The highest BCUT2D eigenvalue weighted by atomic mass is 32.2. The number of hydrogen-bond donors (Lipinski definition) is 2. The van der Waals surface area contributed by atoms with Gasteiger partial charge in [-0.05, 0) is 30.5 Å². The van der Waals surface area contributed by atoms with Gasteiger partial charge in [-0.1, -0.05) is 0 Å². The third kappa shape index (κ3) is 3.31. The van der Waals surface area contributed by atoms with Gasteiger partial charge in [0.25, 0.3) is 5.91 Å². The lowest BCUT2D eigenvalue weighted by Gasteiger charge is -2.21. The number of aryl methyl sites for hydroxylation is 1. The first-order valence-corrected chi connectivity index (χ1v) is 9.57. The van der Waals surface area contributed by atoms with Crippen LogP contribution < -0.4 is 5.32 Å². The molecule has 2 aromatic heterocycles. The third-order valence-corrected chi connectivity index (χ3v) is 6.55. The van der Waals surface area contributed by atoms with E-state index in [2.05, 4.69) is 10.3 Å². The Morgan fingerprint density at radius 3 is 3.10 bits per heavy atom. The number of aliphatic hydroxyl groups is 1. The number of rotatable bonds is 4. The highest BCUT2D eigenvalue weighted by molar-refractivity contribution is 7.99. The zero-order valence-corrected chi connectivity index (χ0v) is 14.0. The number of carbonyl (C=O) groups is 1. The van der Waals surface area contributed by atoms with Gasteiger partial charge in [-0.3, -0.25) is 4.79 Å². The molecule has 112 valence electrons. The van der Waals surface area contributed by atoms with Crippen molar-refractivity contribution >= 4 is 40.3 Å². The number of aromatic nitrogens is 1. The van der Waals surface area contributed by atoms with Gasteiger partial charge >= 0.3 is 0 Å². The molecule has 1 amide bonds. The van der Waals surface area contributed by atoms with Gasteiger partial charge in [0, 0.05) is 23.2 Å². The molecule has 1 saturated heterocycles. The lowest BCUT2D eigenvalue weighted by atomic mass is 10.0. The minimum atomic E-state index is -0.755. The molecule has 1 aliphatic heterocycles. The molecule has 7 heteroatoms. The Morgan fingerprint density at radius 1 is 1.57 bits per heavy atom. The Kier molecular flexibility index (Phi) is 4.35. The molecule has 1 atom stereocenters. The van der Waals surface area contributed by atoms with Crippen molar-refractivity contribution in [2.45, 2.75) is 18.9 Å². The van der Waals surface area contributed by atoms with Crippen molar-refractivity contribution in [1.82, 2.24) is 10.3 Å². The van der Waals surface area contributed by atoms with E-state index < -0.39 is 5.60 Å². The lowest BCUT2D eigenvalue weighted by Crippen LogP contribution is -2.42. The zero-order chi connectivity index (χ0) is 14.9. The minimum absolute atomic E-state index is 0.142. The number of nitrogens with zero attached hydrogens (tertiary/aromatic N) is 1. The molecular weight excluding hydrogens is 324 g/mol. The Balaban J connectivity index is 1.70. The fraction of sp³-hybridized carbons (Fsp3) is 0.429. The largest absolute Gasteiger partial charge is 0.387 e. The van der Waals surface area contributed by atoms with Crippen LogP contribution in [-0.4, -0.2) is 39.6 Å². The molecule has 0 radical (unpaired) electrons. The monoisotopic (exact) mass is 340 g/mol. The summed E-state index contributed by atoms with van der Waals surface area (Å²) in [5.41, 5.74) is 1.04. The highest BCUT2D eigenvalue weighted by Gasteiger charge is 2.32. The second kappa shape index (κ2) is 6.08. The average Bonchev–Trinajstić information content (AvgIpc) is 3.16. The summed E-state index contributed by atoms with van der Waals surface area (Å²) >= 11 is 4.74. The number of thiophene rings is 1. The third-order valence-electron chi connectivity index (χ3n) is 3.43. The van der Waals surface area contributed by atoms with Crippen LogP contribution in [0.2, 0.25) is 0 Å². The van der Waals surface area contributed by atoms with Crippen molar-refractivity contribution < 1.29 is 9.90 Å². The van der Waals surface area contributed by atoms with Crippen molar-refractivity contribution in [1.29, 1.82) is 0 Å². The van der Waals surface area contributed by atoms with Crippen LogP contribution in [-0.2, 0) is 0 Å². The summed E-state index contributed by atoms with van der Waals surface area (Å²) in [6.07, 6.45) is 0.736. The van der Waals surface area contributed by atoms with Crippen molar-refractivity contribution in [3.63, 3.8) is 0 Å². The van der Waals surface area contributed by atoms with Gasteiger partial charge in [0.15, 0.2) is 0 Å². The van der Waals surface area contributed by atoms with Crippen molar-refractivity contribution in [2.24, 2.45) is 0 Å². The van der Waals surface area contributed by atoms with Gasteiger partial charge < -0.3 is 10.4 Å². The van der Waals surface area contributed by atoms with Crippen LogP contribution in [0.15, 0.2) is 16.8 Å². The smallest absolute Gasteiger partial charge is 0.263 e. The maximum absolute atomic E-state index is 12.3. The molecule has 4 nitrogen and oxygen atoms in total. The zero-order valence-electron chi connectivity index (χ0n) is 11.6. The van der Waals surface area contributed by atoms with Crippen LogP contribution in [0.3, 0.4) is 0 Å². The predicted octanol–water partition coefficient (Wildman–Crippen LogP) is 2.78. The molecule has 2 N–H and O–H groups in total. The summed E-state index contributed by atoms with van der Waals surface area (Å²) in [5, 5.41) is 18.0. The van der Waals surface area contributed by atoms with E-state index in [0.29, 0.717) is 17.2 Å². The fourth-order valence-corrected chi connectivity index (χ4v) is 5.17. The molecular formula is C14H16N2O2S3. The van der Waals surface area contributed by atoms with E-state index in [-0.39, 0.29) is 5.91 Å². The molecule has 0 aliphatic carbocycles. The average molecular weight is 340 g/mol. The first kappa shape index (κ1) is 15.0. The Labute approximate surface area is 135 Å². The van der Waals surface area contributed by atoms with Crippen LogP contribution in [0.1, 0.15) is 21.8 Å².